The number of H-pyrrole nitrogens is 1. The number of nitrogens with one attached hydrogen (secondary N) is 1. The molecule has 100 valence electrons. The summed E-state index contributed by atoms with van der Waals surface area (Å²) in [5.41, 5.74) is 1.47. The van der Waals surface area contributed by atoms with Crippen molar-refractivity contribution in [3.8, 4) is 17.0 Å². The highest BCUT2D eigenvalue weighted by atomic mass is 79.9. The molecule has 0 fully saturated rings. The molecular formula is C16H12BrNO2. The first-order valence-corrected chi connectivity index (χ1v) is 6.95. The van der Waals surface area contributed by atoms with Gasteiger partial charge in [-0.3, -0.25) is 4.79 Å². The SMILES string of the molecule is COc1ccccc1-c1[nH]c(=O)c2ccccc2c1Br. The van der Waals surface area contributed by atoms with Crippen LogP contribution in [0.3, 0.4) is 0 Å². The number of halogens is 1. The molecule has 0 amide bonds. The van der Waals surface area contributed by atoms with Gasteiger partial charge in [0.2, 0.25) is 0 Å². The maximum Gasteiger partial charge on any atom is 0.256 e. The number of methoxy groups -OCH3 is 1. The summed E-state index contributed by atoms with van der Waals surface area (Å²) in [5, 5.41) is 1.55. The number of aromatic nitrogens is 1. The van der Waals surface area contributed by atoms with E-state index in [9.17, 15) is 4.79 Å². The lowest BCUT2D eigenvalue weighted by molar-refractivity contribution is 0.416. The summed E-state index contributed by atoms with van der Waals surface area (Å²) < 4.78 is 6.22. The Balaban J connectivity index is 2.38. The molecule has 3 aromatic rings. The molecule has 3 rings (SSSR count). The van der Waals surface area contributed by atoms with Crippen LogP contribution in [0.4, 0.5) is 0 Å². The zero-order valence-electron chi connectivity index (χ0n) is 10.8. The van der Waals surface area contributed by atoms with E-state index in [0.29, 0.717) is 5.39 Å². The Bertz CT molecular complexity index is 839. The molecule has 1 aromatic heterocycles. The Hall–Kier alpha value is -2.07. The number of fused-ring (bicyclic) bond motifs is 1. The van der Waals surface area contributed by atoms with Gasteiger partial charge in [0, 0.05) is 20.8 Å². The number of hydrogen-bond donors (Lipinski definition) is 1. The second kappa shape index (κ2) is 5.13. The Kier molecular flexibility index (Phi) is 3.32. The first-order chi connectivity index (χ1) is 9.72. The quantitative estimate of drug-likeness (QED) is 0.773. The number of pyridine rings is 1. The lowest BCUT2D eigenvalue weighted by Crippen LogP contribution is -2.08. The van der Waals surface area contributed by atoms with Gasteiger partial charge in [0.05, 0.1) is 12.8 Å². The van der Waals surface area contributed by atoms with Crippen LogP contribution >= 0.6 is 15.9 Å². The van der Waals surface area contributed by atoms with Gasteiger partial charge in [0.25, 0.3) is 5.56 Å². The third-order valence-corrected chi connectivity index (χ3v) is 4.07. The Labute approximate surface area is 124 Å². The van der Waals surface area contributed by atoms with E-state index in [1.54, 1.807) is 7.11 Å². The summed E-state index contributed by atoms with van der Waals surface area (Å²) in [5.74, 6) is 0.721. The van der Waals surface area contributed by atoms with Gasteiger partial charge in [-0.05, 0) is 34.1 Å². The van der Waals surface area contributed by atoms with E-state index in [4.69, 9.17) is 4.74 Å². The highest BCUT2D eigenvalue weighted by Crippen LogP contribution is 2.35. The van der Waals surface area contributed by atoms with E-state index < -0.39 is 0 Å². The van der Waals surface area contributed by atoms with Gasteiger partial charge in [-0.15, -0.1) is 0 Å². The van der Waals surface area contributed by atoms with E-state index in [2.05, 4.69) is 20.9 Å². The van der Waals surface area contributed by atoms with Crippen molar-refractivity contribution < 1.29 is 4.74 Å². The van der Waals surface area contributed by atoms with Crippen molar-refractivity contribution in [3.63, 3.8) is 0 Å². The van der Waals surface area contributed by atoms with Crippen molar-refractivity contribution in [2.45, 2.75) is 0 Å². The van der Waals surface area contributed by atoms with E-state index in [0.717, 1.165) is 26.9 Å². The van der Waals surface area contributed by atoms with Crippen LogP contribution in [0.2, 0.25) is 0 Å². The molecule has 0 saturated carbocycles. The third kappa shape index (κ3) is 2.02. The average Bonchev–Trinajstić information content (AvgIpc) is 2.51. The van der Waals surface area contributed by atoms with Gasteiger partial charge < -0.3 is 9.72 Å². The monoisotopic (exact) mass is 329 g/mol. The summed E-state index contributed by atoms with van der Waals surface area (Å²) >= 11 is 3.59. The fourth-order valence-electron chi connectivity index (χ4n) is 2.28. The molecule has 0 spiro atoms. The summed E-state index contributed by atoms with van der Waals surface area (Å²) in [6.07, 6.45) is 0. The molecule has 1 heterocycles. The first kappa shape index (κ1) is 12.9. The van der Waals surface area contributed by atoms with Crippen molar-refractivity contribution in [1.29, 1.82) is 0 Å². The molecule has 2 aromatic carbocycles. The lowest BCUT2D eigenvalue weighted by Gasteiger charge is -2.11. The molecule has 0 saturated heterocycles. The summed E-state index contributed by atoms with van der Waals surface area (Å²) in [7, 11) is 1.62. The summed E-state index contributed by atoms with van der Waals surface area (Å²) in [6.45, 7) is 0. The number of aromatic amines is 1. The Morgan fingerprint density at radius 3 is 2.40 bits per heavy atom. The van der Waals surface area contributed by atoms with Crippen LogP contribution in [0, 0.1) is 0 Å². The minimum atomic E-state index is -0.107. The summed E-state index contributed by atoms with van der Waals surface area (Å²) in [6, 6.07) is 15.1. The molecule has 4 heteroatoms. The van der Waals surface area contributed by atoms with Gasteiger partial charge in [-0.2, -0.15) is 0 Å². The van der Waals surface area contributed by atoms with Crippen molar-refractivity contribution in [1.82, 2.24) is 4.98 Å². The summed E-state index contributed by atoms with van der Waals surface area (Å²) in [4.78, 5) is 15.1. The normalized spacial score (nSPS) is 10.7. The molecule has 0 aliphatic heterocycles. The number of ether oxygens (including phenoxy) is 1. The highest BCUT2D eigenvalue weighted by Gasteiger charge is 2.13. The zero-order valence-corrected chi connectivity index (χ0v) is 12.4. The maximum atomic E-state index is 12.2. The van der Waals surface area contributed by atoms with Crippen molar-refractivity contribution in [3.05, 3.63) is 63.4 Å². The van der Waals surface area contributed by atoms with Gasteiger partial charge in [-0.1, -0.05) is 30.3 Å². The number of hydrogen-bond acceptors (Lipinski definition) is 2. The lowest BCUT2D eigenvalue weighted by atomic mass is 10.1. The average molecular weight is 330 g/mol. The standard InChI is InChI=1S/C16H12BrNO2/c1-20-13-9-5-4-8-12(13)15-14(17)10-6-2-3-7-11(10)16(19)18-15/h2-9H,1H3,(H,18,19). The highest BCUT2D eigenvalue weighted by molar-refractivity contribution is 9.10. The van der Waals surface area contributed by atoms with E-state index in [1.165, 1.54) is 0 Å². The molecule has 0 bridgehead atoms. The fourth-order valence-corrected chi connectivity index (χ4v) is 2.94. The molecule has 20 heavy (non-hydrogen) atoms. The largest absolute Gasteiger partial charge is 0.496 e. The third-order valence-electron chi connectivity index (χ3n) is 3.24. The van der Waals surface area contributed by atoms with Gasteiger partial charge >= 0.3 is 0 Å². The molecule has 0 atom stereocenters. The first-order valence-electron chi connectivity index (χ1n) is 6.16. The fraction of sp³-hybridized carbons (Fsp3) is 0.0625. The van der Waals surface area contributed by atoms with Crippen molar-refractivity contribution in [2.75, 3.05) is 7.11 Å². The second-order valence-electron chi connectivity index (χ2n) is 4.39. The molecule has 3 nitrogen and oxygen atoms in total. The van der Waals surface area contributed by atoms with Crippen LogP contribution < -0.4 is 10.3 Å². The Morgan fingerprint density at radius 2 is 1.65 bits per heavy atom. The Morgan fingerprint density at radius 1 is 1.00 bits per heavy atom. The molecule has 0 unspecified atom stereocenters. The molecular weight excluding hydrogens is 318 g/mol. The predicted molar refractivity (Wildman–Crippen MR) is 84.3 cm³/mol. The van der Waals surface area contributed by atoms with Crippen molar-refractivity contribution in [2.24, 2.45) is 0 Å². The minimum absolute atomic E-state index is 0.107. The van der Waals surface area contributed by atoms with Crippen molar-refractivity contribution >= 4 is 26.7 Å². The maximum absolute atomic E-state index is 12.2. The molecule has 0 aliphatic carbocycles. The topological polar surface area (TPSA) is 42.1 Å². The van der Waals surface area contributed by atoms with Gasteiger partial charge in [-0.25, -0.2) is 0 Å². The second-order valence-corrected chi connectivity index (χ2v) is 5.18. The van der Waals surface area contributed by atoms with Crippen LogP contribution in [0.25, 0.3) is 22.0 Å². The number of rotatable bonds is 2. The molecule has 1 N–H and O–H groups in total. The minimum Gasteiger partial charge on any atom is -0.496 e. The molecule has 0 aliphatic rings. The molecule has 0 radical (unpaired) electrons. The van der Waals surface area contributed by atoms with Crippen LogP contribution in [0.15, 0.2) is 57.8 Å². The van der Waals surface area contributed by atoms with E-state index >= 15 is 0 Å². The van der Waals surface area contributed by atoms with E-state index in [1.807, 2.05) is 48.5 Å². The van der Waals surface area contributed by atoms with Gasteiger partial charge in [0.1, 0.15) is 5.75 Å². The smallest absolute Gasteiger partial charge is 0.256 e. The predicted octanol–water partition coefficient (Wildman–Crippen LogP) is 3.97. The van der Waals surface area contributed by atoms with Gasteiger partial charge in [0.15, 0.2) is 0 Å². The zero-order chi connectivity index (χ0) is 14.1. The van der Waals surface area contributed by atoms with Crippen LogP contribution in [0.1, 0.15) is 0 Å². The van der Waals surface area contributed by atoms with Crippen LogP contribution in [-0.2, 0) is 0 Å². The number of benzene rings is 2. The number of para-hydroxylation sites is 1. The van der Waals surface area contributed by atoms with E-state index in [-0.39, 0.29) is 5.56 Å². The van der Waals surface area contributed by atoms with Crippen LogP contribution in [0.5, 0.6) is 5.75 Å². The van der Waals surface area contributed by atoms with Crippen LogP contribution in [-0.4, -0.2) is 12.1 Å².